The number of alkyl halides is 2. The first-order valence-electron chi connectivity index (χ1n) is 8.14. The number of nitrogens with zero attached hydrogens (tertiary/aromatic N) is 3. The van der Waals surface area contributed by atoms with Gasteiger partial charge < -0.3 is 5.32 Å². The molecule has 0 aliphatic heterocycles. The first kappa shape index (κ1) is 17.9. The molecule has 1 amide bonds. The molecule has 2 aromatic heterocycles. The number of carbonyl (C=O) groups excluding carboxylic acids is 1. The third-order valence-electron chi connectivity index (χ3n) is 4.10. The Kier molecular flexibility index (Phi) is 4.92. The molecule has 0 bridgehead atoms. The van der Waals surface area contributed by atoms with Gasteiger partial charge in [0.1, 0.15) is 17.1 Å². The van der Waals surface area contributed by atoms with Crippen LogP contribution in [0.3, 0.4) is 0 Å². The van der Waals surface area contributed by atoms with Crippen molar-refractivity contribution >= 4 is 11.6 Å². The van der Waals surface area contributed by atoms with Crippen LogP contribution in [-0.4, -0.2) is 26.5 Å². The van der Waals surface area contributed by atoms with Gasteiger partial charge in [0.05, 0.1) is 11.9 Å². The van der Waals surface area contributed by atoms with E-state index in [2.05, 4.69) is 15.4 Å². The number of halogens is 3. The number of rotatable bonds is 5. The molecule has 5 nitrogen and oxygen atoms in total. The summed E-state index contributed by atoms with van der Waals surface area (Å²) in [7, 11) is 0. The van der Waals surface area contributed by atoms with E-state index in [1.54, 1.807) is 0 Å². The van der Waals surface area contributed by atoms with Gasteiger partial charge in [-0.05, 0) is 43.7 Å². The van der Waals surface area contributed by atoms with E-state index < -0.39 is 23.8 Å². The van der Waals surface area contributed by atoms with E-state index in [-0.39, 0.29) is 22.9 Å². The maximum absolute atomic E-state index is 13.5. The molecular formula is C18H17F3N4O. The van der Waals surface area contributed by atoms with Crippen LogP contribution in [0.15, 0.2) is 36.5 Å². The Balaban J connectivity index is 2.15. The standard InChI is InChI=1S/C18H17F3N4O/c1-3-10(2)23-18(26)13-9-22-25-15(16(20)21)8-14(24-17(13)25)11-4-6-12(19)7-5-11/h4-10,16H,3H2,1-2H3,(H,23,26). The van der Waals surface area contributed by atoms with E-state index in [1.165, 1.54) is 36.5 Å². The van der Waals surface area contributed by atoms with Gasteiger partial charge in [0.2, 0.25) is 0 Å². The number of benzene rings is 1. The fraction of sp³-hybridized carbons (Fsp3) is 0.278. The van der Waals surface area contributed by atoms with Crippen molar-refractivity contribution in [1.29, 1.82) is 0 Å². The Morgan fingerprint density at radius 1 is 1.27 bits per heavy atom. The molecule has 0 aliphatic rings. The Labute approximate surface area is 147 Å². The fourth-order valence-corrected chi connectivity index (χ4v) is 2.47. The predicted octanol–water partition coefficient (Wildman–Crippen LogP) is 4.00. The molecule has 0 radical (unpaired) electrons. The molecule has 136 valence electrons. The van der Waals surface area contributed by atoms with Crippen LogP contribution in [0.5, 0.6) is 0 Å². The molecule has 0 fully saturated rings. The van der Waals surface area contributed by atoms with Gasteiger partial charge in [-0.25, -0.2) is 22.7 Å². The van der Waals surface area contributed by atoms with Gasteiger partial charge in [-0.1, -0.05) is 6.92 Å². The second-order valence-corrected chi connectivity index (χ2v) is 5.95. The first-order chi connectivity index (χ1) is 12.4. The van der Waals surface area contributed by atoms with Gasteiger partial charge in [-0.15, -0.1) is 0 Å². The van der Waals surface area contributed by atoms with Crippen LogP contribution in [0.2, 0.25) is 0 Å². The van der Waals surface area contributed by atoms with Crippen molar-refractivity contribution in [1.82, 2.24) is 19.9 Å². The van der Waals surface area contributed by atoms with Crippen molar-refractivity contribution in [3.05, 3.63) is 53.6 Å². The summed E-state index contributed by atoms with van der Waals surface area (Å²) in [6.07, 6.45) is -0.868. The van der Waals surface area contributed by atoms with E-state index in [9.17, 15) is 18.0 Å². The highest BCUT2D eigenvalue weighted by Crippen LogP contribution is 2.27. The third kappa shape index (κ3) is 3.40. The zero-order valence-electron chi connectivity index (χ0n) is 14.2. The molecule has 2 heterocycles. The highest BCUT2D eigenvalue weighted by Gasteiger charge is 2.22. The Morgan fingerprint density at radius 2 is 1.96 bits per heavy atom. The lowest BCUT2D eigenvalue weighted by molar-refractivity contribution is 0.0940. The monoisotopic (exact) mass is 362 g/mol. The molecular weight excluding hydrogens is 345 g/mol. The largest absolute Gasteiger partial charge is 0.349 e. The van der Waals surface area contributed by atoms with Crippen LogP contribution in [0.25, 0.3) is 16.9 Å². The minimum absolute atomic E-state index is 0.0305. The molecule has 0 saturated carbocycles. The molecule has 0 aliphatic carbocycles. The van der Waals surface area contributed by atoms with Crippen LogP contribution in [0, 0.1) is 5.82 Å². The minimum Gasteiger partial charge on any atom is -0.349 e. The SMILES string of the molecule is CCC(C)NC(=O)c1cnn2c(C(F)F)cc(-c3ccc(F)cc3)nc12. The first-order valence-corrected chi connectivity index (χ1v) is 8.14. The van der Waals surface area contributed by atoms with Crippen LogP contribution >= 0.6 is 0 Å². The van der Waals surface area contributed by atoms with E-state index in [0.29, 0.717) is 5.56 Å². The maximum atomic E-state index is 13.5. The summed E-state index contributed by atoms with van der Waals surface area (Å²) in [6, 6.07) is 6.44. The van der Waals surface area contributed by atoms with Gasteiger partial charge >= 0.3 is 0 Å². The molecule has 8 heteroatoms. The number of hydrogen-bond acceptors (Lipinski definition) is 3. The van der Waals surface area contributed by atoms with Crippen molar-refractivity contribution in [3.63, 3.8) is 0 Å². The summed E-state index contributed by atoms with van der Waals surface area (Å²) < 4.78 is 41.1. The summed E-state index contributed by atoms with van der Waals surface area (Å²) in [5, 5.41) is 6.67. The number of hydrogen-bond donors (Lipinski definition) is 1. The van der Waals surface area contributed by atoms with Crippen LogP contribution in [-0.2, 0) is 0 Å². The smallest absolute Gasteiger partial charge is 0.280 e. The van der Waals surface area contributed by atoms with Crippen molar-refractivity contribution in [2.24, 2.45) is 0 Å². The predicted molar refractivity (Wildman–Crippen MR) is 90.6 cm³/mol. The van der Waals surface area contributed by atoms with E-state index in [1.807, 2.05) is 13.8 Å². The minimum atomic E-state index is -2.81. The molecule has 1 atom stereocenters. The third-order valence-corrected chi connectivity index (χ3v) is 4.10. The van der Waals surface area contributed by atoms with Crippen LogP contribution in [0.1, 0.15) is 42.7 Å². The number of amides is 1. The second-order valence-electron chi connectivity index (χ2n) is 5.95. The molecule has 3 aromatic rings. The normalized spacial score (nSPS) is 12.5. The van der Waals surface area contributed by atoms with E-state index in [4.69, 9.17) is 0 Å². The molecule has 0 saturated heterocycles. The molecule has 26 heavy (non-hydrogen) atoms. The highest BCUT2D eigenvalue weighted by atomic mass is 19.3. The maximum Gasteiger partial charge on any atom is 0.280 e. The number of nitrogens with one attached hydrogen (secondary N) is 1. The van der Waals surface area contributed by atoms with Crippen molar-refractivity contribution < 1.29 is 18.0 Å². The highest BCUT2D eigenvalue weighted by molar-refractivity contribution is 6.00. The number of carbonyl (C=O) groups is 1. The molecule has 1 unspecified atom stereocenters. The van der Waals surface area contributed by atoms with E-state index in [0.717, 1.165) is 10.9 Å². The summed E-state index contributed by atoms with van der Waals surface area (Å²) in [5.41, 5.74) is 0.423. The Morgan fingerprint density at radius 3 is 2.58 bits per heavy atom. The van der Waals surface area contributed by atoms with Crippen molar-refractivity contribution in [3.8, 4) is 11.3 Å². The lowest BCUT2D eigenvalue weighted by atomic mass is 10.1. The van der Waals surface area contributed by atoms with Crippen molar-refractivity contribution in [2.45, 2.75) is 32.7 Å². The molecule has 3 rings (SSSR count). The zero-order chi connectivity index (χ0) is 18.8. The van der Waals surface area contributed by atoms with Crippen molar-refractivity contribution in [2.75, 3.05) is 0 Å². The van der Waals surface area contributed by atoms with Gasteiger partial charge in [0.15, 0.2) is 5.65 Å². The number of fused-ring (bicyclic) bond motifs is 1. The van der Waals surface area contributed by atoms with Crippen LogP contribution in [0.4, 0.5) is 13.2 Å². The Bertz CT molecular complexity index is 938. The summed E-state index contributed by atoms with van der Waals surface area (Å²) >= 11 is 0. The molecule has 0 spiro atoms. The zero-order valence-corrected chi connectivity index (χ0v) is 14.2. The average molecular weight is 362 g/mol. The lowest BCUT2D eigenvalue weighted by Gasteiger charge is -2.11. The summed E-state index contributed by atoms with van der Waals surface area (Å²) in [5.74, 6) is -0.875. The topological polar surface area (TPSA) is 59.3 Å². The number of aromatic nitrogens is 3. The molecule has 1 N–H and O–H groups in total. The van der Waals surface area contributed by atoms with Gasteiger partial charge in [0.25, 0.3) is 12.3 Å². The van der Waals surface area contributed by atoms with Crippen LogP contribution < -0.4 is 5.32 Å². The van der Waals surface area contributed by atoms with Gasteiger partial charge in [0, 0.05) is 11.6 Å². The average Bonchev–Trinajstić information content (AvgIpc) is 3.05. The molecule has 1 aromatic carbocycles. The summed E-state index contributed by atoms with van der Waals surface area (Å²) in [6.45, 7) is 3.76. The summed E-state index contributed by atoms with van der Waals surface area (Å²) in [4.78, 5) is 16.7. The fourth-order valence-electron chi connectivity index (χ4n) is 2.47. The van der Waals surface area contributed by atoms with Gasteiger partial charge in [-0.3, -0.25) is 4.79 Å². The lowest BCUT2D eigenvalue weighted by Crippen LogP contribution is -2.31. The Hall–Kier alpha value is -2.90. The van der Waals surface area contributed by atoms with Gasteiger partial charge in [-0.2, -0.15) is 5.10 Å². The van der Waals surface area contributed by atoms with E-state index >= 15 is 0 Å². The second kappa shape index (κ2) is 7.15. The quantitative estimate of drug-likeness (QED) is 0.746.